The van der Waals surface area contributed by atoms with Crippen LogP contribution in [-0.4, -0.2) is 93.1 Å². The Kier molecular flexibility index (Phi) is 29.8. The highest BCUT2D eigenvalue weighted by Gasteiger charge is 2.54. The number of hydrogen-bond acceptors (Lipinski definition) is 13. The Hall–Kier alpha value is -4.35. The molecule has 0 bridgehead atoms. The van der Waals surface area contributed by atoms with E-state index in [1.165, 1.54) is 176 Å². The van der Waals surface area contributed by atoms with E-state index in [4.69, 9.17) is 25.2 Å². The third kappa shape index (κ3) is 22.5. The Labute approximate surface area is 432 Å². The number of nitrogens with two attached hydrogens (primary N) is 1. The predicted octanol–water partition coefficient (Wildman–Crippen LogP) is 11.8. The van der Waals surface area contributed by atoms with E-state index in [9.17, 15) is 24.3 Å². The number of oxime groups is 1. The minimum Gasteiger partial charge on any atom is -0.490 e. The molecule has 1 aromatic carbocycles. The van der Waals surface area contributed by atoms with Gasteiger partial charge in [-0.15, -0.1) is 23.1 Å². The van der Waals surface area contributed by atoms with Crippen LogP contribution in [0.25, 0.3) is 0 Å². The molecule has 4 rings (SSSR count). The third-order valence-corrected chi connectivity index (χ3v) is 15.1. The summed E-state index contributed by atoms with van der Waals surface area (Å²) < 4.78 is 12.7. The van der Waals surface area contributed by atoms with Crippen molar-refractivity contribution >= 4 is 57.7 Å². The number of carbonyl (C=O) groups is 4. The van der Waals surface area contributed by atoms with Gasteiger partial charge in [-0.05, 0) is 36.1 Å². The van der Waals surface area contributed by atoms with Crippen LogP contribution < -0.4 is 25.8 Å². The summed E-state index contributed by atoms with van der Waals surface area (Å²) in [5, 5.41) is 29.8. The van der Waals surface area contributed by atoms with Crippen molar-refractivity contribution in [3.8, 4) is 11.5 Å². The van der Waals surface area contributed by atoms with Crippen molar-refractivity contribution in [2.45, 2.75) is 212 Å². The molecule has 1 saturated heterocycles. The molecule has 2 aromatic rings. The average molecular weight is 1030 g/mol. The number of benzene rings is 1. The van der Waals surface area contributed by atoms with Crippen molar-refractivity contribution in [1.82, 2.24) is 20.5 Å². The second-order valence-corrected chi connectivity index (χ2v) is 21.1. The number of thiazole rings is 1. The predicted molar refractivity (Wildman–Crippen MR) is 286 cm³/mol. The van der Waals surface area contributed by atoms with Crippen LogP contribution in [0, 0.1) is 0 Å². The van der Waals surface area contributed by atoms with Gasteiger partial charge in [0.2, 0.25) is 6.61 Å². The van der Waals surface area contributed by atoms with Crippen LogP contribution in [0.3, 0.4) is 0 Å². The average Bonchev–Trinajstić information content (AvgIpc) is 3.79. The summed E-state index contributed by atoms with van der Waals surface area (Å²) in [7, 11) is 0. The number of nitrogens with one attached hydrogen (secondary N) is 2. The van der Waals surface area contributed by atoms with Crippen molar-refractivity contribution in [2.75, 3.05) is 37.9 Å². The van der Waals surface area contributed by atoms with Gasteiger partial charge in [-0.1, -0.05) is 192 Å². The zero-order valence-corrected chi connectivity index (χ0v) is 44.6. The monoisotopic (exact) mass is 1030 g/mol. The fraction of sp³-hybridized carbons (Fsp3) is 0.704. The molecule has 2 aliphatic heterocycles. The van der Waals surface area contributed by atoms with Gasteiger partial charge in [0.05, 0.1) is 13.2 Å². The standard InChI is InChI=1S/C54H86N6O9S2/c1-3-5-7-9-11-13-15-17-19-21-23-25-27-29-33-67-44-32-31-41(35-45(44)68-34-30-28-26-24-22-20-18-16-14-12-10-8-6-4-2)36-56-37-42-39-70-52-48(51(64)60(52)49(42)53(65)66)58-50(63)47(59-69-38-46(61)62)43-40-71-54(55)57-43/h31-32,35,40,48,52,56H,3-30,33-34,36-39H2,1-2H3,(H2,55,57)(H,58,63)(H,61,62)(H,65,66)/t48?,52-/m0/s1. The summed E-state index contributed by atoms with van der Waals surface area (Å²) in [5.41, 5.74) is 6.80. The molecule has 1 fully saturated rings. The zero-order valence-electron chi connectivity index (χ0n) is 43.0. The van der Waals surface area contributed by atoms with E-state index >= 15 is 0 Å². The van der Waals surface area contributed by atoms with Gasteiger partial charge in [-0.2, -0.15) is 0 Å². The lowest BCUT2D eigenvalue weighted by molar-refractivity contribution is -0.150. The van der Waals surface area contributed by atoms with Gasteiger partial charge in [-0.3, -0.25) is 14.5 Å². The Morgan fingerprint density at radius 3 is 1.72 bits per heavy atom. The summed E-state index contributed by atoms with van der Waals surface area (Å²) in [6, 6.07) is 4.91. The number of thioether (sulfide) groups is 1. The zero-order chi connectivity index (χ0) is 50.9. The van der Waals surface area contributed by atoms with Gasteiger partial charge in [0, 0.05) is 24.2 Å². The molecule has 1 unspecified atom stereocenters. The van der Waals surface area contributed by atoms with Gasteiger partial charge in [0.1, 0.15) is 22.8 Å². The Morgan fingerprint density at radius 1 is 0.732 bits per heavy atom. The Bertz CT molecular complexity index is 1940. The molecule has 17 heteroatoms. The largest absolute Gasteiger partial charge is 0.490 e. The minimum absolute atomic E-state index is 0.0425. The molecular formula is C54H86N6O9S2. The van der Waals surface area contributed by atoms with Gasteiger partial charge in [0.25, 0.3) is 11.8 Å². The molecule has 2 atom stereocenters. The van der Waals surface area contributed by atoms with E-state index in [1.54, 1.807) is 0 Å². The molecule has 71 heavy (non-hydrogen) atoms. The lowest BCUT2D eigenvalue weighted by Crippen LogP contribution is -2.71. The molecule has 2 amide bonds. The maximum absolute atomic E-state index is 13.5. The highest BCUT2D eigenvalue weighted by atomic mass is 32.2. The second kappa shape index (κ2) is 35.7. The van der Waals surface area contributed by atoms with Crippen molar-refractivity contribution in [1.29, 1.82) is 0 Å². The maximum Gasteiger partial charge on any atom is 0.352 e. The third-order valence-electron chi connectivity index (χ3n) is 13.0. The van der Waals surface area contributed by atoms with E-state index in [2.05, 4.69) is 34.6 Å². The number of aliphatic carboxylic acids is 2. The number of aromatic nitrogens is 1. The van der Waals surface area contributed by atoms with Crippen LogP contribution in [0.2, 0.25) is 0 Å². The first kappa shape index (κ1) is 59.2. The van der Waals surface area contributed by atoms with Crippen molar-refractivity contribution in [2.24, 2.45) is 5.16 Å². The number of nitrogen functional groups attached to an aromatic ring is 1. The highest BCUT2D eigenvalue weighted by molar-refractivity contribution is 8.00. The van der Waals surface area contributed by atoms with E-state index in [0.29, 0.717) is 36.8 Å². The maximum atomic E-state index is 13.5. The first-order chi connectivity index (χ1) is 34.6. The molecule has 0 spiro atoms. The van der Waals surface area contributed by atoms with E-state index in [1.807, 2.05) is 18.2 Å². The van der Waals surface area contributed by atoms with Crippen molar-refractivity contribution in [3.05, 3.63) is 46.1 Å². The molecule has 6 N–H and O–H groups in total. The number of hydrogen-bond donors (Lipinski definition) is 5. The van der Waals surface area contributed by atoms with Crippen LogP contribution in [0.4, 0.5) is 5.13 Å². The van der Waals surface area contributed by atoms with Crippen LogP contribution in [0.5, 0.6) is 11.5 Å². The molecule has 0 radical (unpaired) electrons. The molecule has 2 aliphatic rings. The molecule has 398 valence electrons. The Balaban J connectivity index is 1.25. The summed E-state index contributed by atoms with van der Waals surface area (Å²) in [6.07, 6.45) is 36.4. The number of carboxylic acids is 2. The number of unbranched alkanes of at least 4 members (excludes halogenated alkanes) is 26. The number of fused-ring (bicyclic) bond motifs is 1. The lowest BCUT2D eigenvalue weighted by atomic mass is 10.0. The number of carboxylic acid groups (broad SMARTS) is 2. The first-order valence-electron chi connectivity index (χ1n) is 27.1. The molecular weight excluding hydrogens is 941 g/mol. The number of nitrogens with zero attached hydrogens (tertiary/aromatic N) is 3. The molecule has 0 saturated carbocycles. The number of β-lactam (4-membered cyclic amide) rings is 1. The lowest BCUT2D eigenvalue weighted by Gasteiger charge is -2.49. The fourth-order valence-corrected chi connectivity index (χ4v) is 10.9. The number of amides is 2. The molecule has 3 heterocycles. The molecule has 0 aliphatic carbocycles. The molecule has 1 aromatic heterocycles. The number of anilines is 1. The van der Waals surface area contributed by atoms with E-state index in [-0.39, 0.29) is 28.8 Å². The first-order valence-corrected chi connectivity index (χ1v) is 29.0. The summed E-state index contributed by atoms with van der Waals surface area (Å²) >= 11 is 2.38. The van der Waals surface area contributed by atoms with Crippen molar-refractivity contribution in [3.63, 3.8) is 0 Å². The quantitative estimate of drug-likeness (QED) is 0.0181. The van der Waals surface area contributed by atoms with E-state index in [0.717, 1.165) is 48.3 Å². The number of ether oxygens (including phenoxy) is 2. The molecule has 15 nitrogen and oxygen atoms in total. The van der Waals surface area contributed by atoms with Gasteiger partial charge in [0.15, 0.2) is 22.3 Å². The number of carbonyl (C=O) groups excluding carboxylic acids is 2. The van der Waals surface area contributed by atoms with Crippen LogP contribution in [0.15, 0.2) is 40.0 Å². The van der Waals surface area contributed by atoms with E-state index < -0.39 is 41.8 Å². The SMILES string of the molecule is CCCCCCCCCCCCCCCCOc1ccc(CNCC2=C(C(=O)O)N3C(=O)C(NC(=O)C(=NOCC(=O)O)c4csc(N)n4)[C@@H]3SC2)cc1OCCCCCCCCCCCCCCCC. The summed E-state index contributed by atoms with van der Waals surface area (Å²) in [5.74, 6) is -2.23. The smallest absolute Gasteiger partial charge is 0.352 e. The fourth-order valence-electron chi connectivity index (χ4n) is 8.99. The van der Waals surface area contributed by atoms with Gasteiger partial charge in [-0.25, -0.2) is 14.6 Å². The normalized spacial score (nSPS) is 15.7. The van der Waals surface area contributed by atoms with Crippen LogP contribution >= 0.6 is 23.1 Å². The number of rotatable bonds is 43. The van der Waals surface area contributed by atoms with Crippen molar-refractivity contribution < 1.29 is 43.7 Å². The second-order valence-electron chi connectivity index (χ2n) is 19.1. The topological polar surface area (TPSA) is 215 Å². The van der Waals surface area contributed by atoms with Gasteiger partial charge < -0.3 is 40.9 Å². The summed E-state index contributed by atoms with van der Waals surface area (Å²) in [4.78, 5) is 60.4. The summed E-state index contributed by atoms with van der Waals surface area (Å²) in [6.45, 7) is 5.62. The highest BCUT2D eigenvalue weighted by Crippen LogP contribution is 2.40. The van der Waals surface area contributed by atoms with Crippen LogP contribution in [-0.2, 0) is 30.6 Å². The minimum atomic E-state index is -1.30. The van der Waals surface area contributed by atoms with Gasteiger partial charge >= 0.3 is 11.9 Å². The van der Waals surface area contributed by atoms with Crippen LogP contribution in [0.1, 0.15) is 205 Å². The Morgan fingerprint density at radius 2 is 1.24 bits per heavy atom.